The van der Waals surface area contributed by atoms with E-state index in [1.54, 1.807) is 24.3 Å². The van der Waals surface area contributed by atoms with Crippen LogP contribution in [0.2, 0.25) is 0 Å². The van der Waals surface area contributed by atoms with Gasteiger partial charge in [-0.25, -0.2) is 13.2 Å². The van der Waals surface area contributed by atoms with Gasteiger partial charge in [0.25, 0.3) is 5.69 Å². The van der Waals surface area contributed by atoms with Crippen molar-refractivity contribution in [1.29, 1.82) is 0 Å². The molecule has 0 spiro atoms. The predicted molar refractivity (Wildman–Crippen MR) is 140 cm³/mol. The number of carbonyl (C=O) groups is 1. The fourth-order valence-corrected chi connectivity index (χ4v) is 4.92. The number of ether oxygens (including phenoxy) is 4. The lowest BCUT2D eigenvalue weighted by Crippen LogP contribution is -2.08. The first-order valence-electron chi connectivity index (χ1n) is 10.9. The maximum atomic E-state index is 13.0. The number of carboxylic acids is 1. The van der Waals surface area contributed by atoms with E-state index in [9.17, 15) is 28.4 Å². The molecule has 0 unspecified atom stereocenters. The maximum absolute atomic E-state index is 13.0. The molecule has 3 rings (SSSR count). The summed E-state index contributed by atoms with van der Waals surface area (Å²) in [6.45, 7) is 0. The topological polar surface area (TPSA) is 152 Å². The maximum Gasteiger partial charge on any atom is 0.336 e. The van der Waals surface area contributed by atoms with Crippen LogP contribution in [0, 0.1) is 10.1 Å². The molecular weight excluding hydrogens is 518 g/mol. The van der Waals surface area contributed by atoms with Gasteiger partial charge >= 0.3 is 5.97 Å². The number of carboxylic acid groups (broad SMARTS) is 1. The van der Waals surface area contributed by atoms with Crippen LogP contribution in [0.3, 0.4) is 0 Å². The zero-order chi connectivity index (χ0) is 28.0. The van der Waals surface area contributed by atoms with Crippen LogP contribution in [0.1, 0.15) is 21.5 Å². The normalized spacial score (nSPS) is 11.3. The molecule has 0 saturated carbocycles. The number of nitro groups is 1. The van der Waals surface area contributed by atoms with E-state index >= 15 is 0 Å². The van der Waals surface area contributed by atoms with Crippen LogP contribution in [0.25, 0.3) is 17.2 Å². The van der Waals surface area contributed by atoms with Gasteiger partial charge in [0.05, 0.1) is 50.2 Å². The molecule has 0 aliphatic rings. The van der Waals surface area contributed by atoms with E-state index in [-0.39, 0.29) is 28.2 Å². The molecule has 0 heterocycles. The monoisotopic (exact) mass is 543 g/mol. The van der Waals surface area contributed by atoms with Gasteiger partial charge in [0, 0.05) is 40.3 Å². The predicted octanol–water partition coefficient (Wildman–Crippen LogP) is 4.58. The molecule has 0 atom stereocenters. The minimum Gasteiger partial charge on any atom is -0.496 e. The van der Waals surface area contributed by atoms with Crippen LogP contribution < -0.4 is 18.9 Å². The third kappa shape index (κ3) is 6.03. The number of rotatable bonds is 11. The van der Waals surface area contributed by atoms with Gasteiger partial charge in [0.2, 0.25) is 0 Å². The number of aromatic carboxylic acids is 1. The summed E-state index contributed by atoms with van der Waals surface area (Å²) in [5.74, 6) is -0.947. The Kier molecular flexibility index (Phi) is 8.58. The molecule has 1 N–H and O–H groups in total. The van der Waals surface area contributed by atoms with Crippen molar-refractivity contribution in [3.05, 3.63) is 80.7 Å². The third-order valence-electron chi connectivity index (χ3n) is 5.59. The van der Waals surface area contributed by atoms with Crippen molar-refractivity contribution in [2.24, 2.45) is 0 Å². The minimum atomic E-state index is -4.13. The highest BCUT2D eigenvalue weighted by atomic mass is 32.2. The van der Waals surface area contributed by atoms with Gasteiger partial charge in [0.1, 0.15) is 23.0 Å². The molecule has 0 aliphatic carbocycles. The van der Waals surface area contributed by atoms with Crippen molar-refractivity contribution in [2.75, 3.05) is 28.4 Å². The first-order valence-corrected chi connectivity index (χ1v) is 12.7. The standard InChI is InChI=1S/C26H25NO10S/c1-34-17-12-24(36-3)19(25(13-17)37-4)9-10-38(32,33)15-16-11-21(26(28)29)20(14-22(16)27(30)31)18-7-5-6-8-23(18)35-2/h5-14H,15H2,1-4H3,(H,28,29). The van der Waals surface area contributed by atoms with Gasteiger partial charge in [-0.15, -0.1) is 0 Å². The Bertz CT molecular complexity index is 1490. The summed E-state index contributed by atoms with van der Waals surface area (Å²) >= 11 is 0. The van der Waals surface area contributed by atoms with Crippen molar-refractivity contribution >= 4 is 27.6 Å². The Morgan fingerprint density at radius 1 is 0.921 bits per heavy atom. The summed E-state index contributed by atoms with van der Waals surface area (Å²) in [5, 5.41) is 22.6. The average Bonchev–Trinajstić information content (AvgIpc) is 2.90. The molecule has 0 aliphatic heterocycles. The van der Waals surface area contributed by atoms with Crippen LogP contribution in [0.4, 0.5) is 5.69 Å². The Hall–Kier alpha value is -4.58. The fraction of sp³-hybridized carbons (Fsp3) is 0.192. The molecule has 0 bridgehead atoms. The Morgan fingerprint density at radius 2 is 1.53 bits per heavy atom. The Morgan fingerprint density at radius 3 is 2.05 bits per heavy atom. The molecule has 0 fully saturated rings. The second kappa shape index (κ2) is 11.6. The summed E-state index contributed by atoms with van der Waals surface area (Å²) in [7, 11) is 1.48. The van der Waals surface area contributed by atoms with E-state index in [4.69, 9.17) is 18.9 Å². The second-order valence-electron chi connectivity index (χ2n) is 7.84. The quantitative estimate of drug-likeness (QED) is 0.269. The number of nitrogens with zero attached hydrogens (tertiary/aromatic N) is 1. The van der Waals surface area contributed by atoms with E-state index in [1.807, 2.05) is 0 Å². The SMILES string of the molecule is COc1cc(OC)c(C=CS(=O)(=O)Cc2cc(C(=O)O)c(-c3ccccc3OC)cc2[N+](=O)[O-])c(OC)c1. The van der Waals surface area contributed by atoms with Crippen LogP contribution in [-0.4, -0.2) is 52.9 Å². The number of hydrogen-bond donors (Lipinski definition) is 1. The van der Waals surface area contributed by atoms with E-state index < -0.39 is 32.2 Å². The Labute approximate surface area is 218 Å². The zero-order valence-corrected chi connectivity index (χ0v) is 21.8. The van der Waals surface area contributed by atoms with Gasteiger partial charge in [-0.3, -0.25) is 10.1 Å². The number of hydrogen-bond acceptors (Lipinski definition) is 9. The van der Waals surface area contributed by atoms with Gasteiger partial charge < -0.3 is 24.1 Å². The molecule has 0 aromatic heterocycles. The van der Waals surface area contributed by atoms with Crippen LogP contribution in [-0.2, 0) is 15.6 Å². The summed E-state index contributed by atoms with van der Waals surface area (Å²) in [5.41, 5.74) is -0.522. The average molecular weight is 544 g/mol. The molecule has 3 aromatic rings. The van der Waals surface area contributed by atoms with Gasteiger partial charge in [0.15, 0.2) is 9.84 Å². The van der Waals surface area contributed by atoms with E-state index in [2.05, 4.69) is 0 Å². The van der Waals surface area contributed by atoms with Crippen molar-refractivity contribution < 1.29 is 42.2 Å². The number of para-hydroxylation sites is 1. The lowest BCUT2D eigenvalue weighted by molar-refractivity contribution is -0.385. The van der Waals surface area contributed by atoms with Crippen LogP contribution >= 0.6 is 0 Å². The van der Waals surface area contributed by atoms with Crippen molar-refractivity contribution in [1.82, 2.24) is 0 Å². The smallest absolute Gasteiger partial charge is 0.336 e. The fourth-order valence-electron chi connectivity index (χ4n) is 3.82. The second-order valence-corrected chi connectivity index (χ2v) is 9.73. The molecule has 3 aromatic carbocycles. The lowest BCUT2D eigenvalue weighted by Gasteiger charge is -2.13. The minimum absolute atomic E-state index is 0.0195. The molecule has 0 saturated heterocycles. The first kappa shape index (κ1) is 28.0. The van der Waals surface area contributed by atoms with Gasteiger partial charge in [-0.1, -0.05) is 18.2 Å². The number of benzene rings is 3. The molecular formula is C26H25NO10S. The zero-order valence-electron chi connectivity index (χ0n) is 21.0. The highest BCUT2D eigenvalue weighted by Gasteiger charge is 2.26. The molecule has 0 radical (unpaired) electrons. The van der Waals surface area contributed by atoms with Crippen LogP contribution in [0.5, 0.6) is 23.0 Å². The summed E-state index contributed by atoms with van der Waals surface area (Å²) in [6, 6.07) is 11.5. The molecule has 200 valence electrons. The molecule has 12 heteroatoms. The summed E-state index contributed by atoms with van der Waals surface area (Å²) < 4.78 is 47.1. The lowest BCUT2D eigenvalue weighted by atomic mass is 9.96. The molecule has 38 heavy (non-hydrogen) atoms. The van der Waals surface area contributed by atoms with Crippen molar-refractivity contribution in [3.63, 3.8) is 0 Å². The molecule has 11 nitrogen and oxygen atoms in total. The van der Waals surface area contributed by atoms with Gasteiger partial charge in [-0.2, -0.15) is 0 Å². The number of sulfone groups is 1. The number of methoxy groups -OCH3 is 4. The first-order chi connectivity index (χ1) is 18.0. The van der Waals surface area contributed by atoms with E-state index in [1.165, 1.54) is 46.6 Å². The van der Waals surface area contributed by atoms with Crippen molar-refractivity contribution in [2.45, 2.75) is 5.75 Å². The molecule has 0 amide bonds. The largest absolute Gasteiger partial charge is 0.496 e. The van der Waals surface area contributed by atoms with E-state index in [0.717, 1.165) is 17.5 Å². The Balaban J connectivity index is 2.10. The van der Waals surface area contributed by atoms with Crippen molar-refractivity contribution in [3.8, 4) is 34.1 Å². The number of nitro benzene ring substituents is 1. The summed E-state index contributed by atoms with van der Waals surface area (Å²) in [4.78, 5) is 23.2. The van der Waals surface area contributed by atoms with Gasteiger partial charge in [-0.05, 0) is 18.2 Å². The van der Waals surface area contributed by atoms with Crippen LogP contribution in [0.15, 0.2) is 53.9 Å². The summed E-state index contributed by atoms with van der Waals surface area (Å²) in [6.07, 6.45) is 1.24. The highest BCUT2D eigenvalue weighted by molar-refractivity contribution is 7.93. The van der Waals surface area contributed by atoms with E-state index in [0.29, 0.717) is 22.6 Å². The highest BCUT2D eigenvalue weighted by Crippen LogP contribution is 2.38. The third-order valence-corrected chi connectivity index (χ3v) is 6.86.